The molecule has 3 aromatic rings. The molecule has 0 spiro atoms. The lowest BCUT2D eigenvalue weighted by atomic mass is 10.1. The molecule has 0 unspecified atom stereocenters. The lowest BCUT2D eigenvalue weighted by molar-refractivity contribution is -0.000526. The number of anilines is 3. The van der Waals surface area contributed by atoms with E-state index in [1.54, 1.807) is 25.2 Å². The Morgan fingerprint density at radius 3 is 2.94 bits per heavy atom. The third kappa shape index (κ3) is 4.76. The molecule has 1 aliphatic heterocycles. The van der Waals surface area contributed by atoms with Gasteiger partial charge in [-0.25, -0.2) is 18.7 Å². The third-order valence-electron chi connectivity index (χ3n) is 5.16. The molecule has 3 aromatic heterocycles. The molecule has 4 rings (SSSR count). The van der Waals surface area contributed by atoms with Gasteiger partial charge in [0.1, 0.15) is 33.2 Å². The number of nitrogens with two attached hydrogens (primary N) is 2. The number of aromatic nitrogens is 4. The van der Waals surface area contributed by atoms with E-state index in [4.69, 9.17) is 16.7 Å². The van der Waals surface area contributed by atoms with Crippen LogP contribution in [-0.2, 0) is 7.05 Å². The summed E-state index contributed by atoms with van der Waals surface area (Å²) in [7, 11) is 1.61. The Hall–Kier alpha value is -3.63. The topological polar surface area (TPSA) is 152 Å². The van der Waals surface area contributed by atoms with Crippen LogP contribution in [0.5, 0.6) is 0 Å². The normalized spacial score (nSPS) is 17.9. The largest absolute Gasteiger partial charge is 0.389 e. The number of hydrogen-bond acceptors (Lipinski definition) is 9. The molecule has 172 valence electrons. The fourth-order valence-electron chi connectivity index (χ4n) is 3.71. The highest BCUT2D eigenvalue weighted by Crippen LogP contribution is 2.34. The van der Waals surface area contributed by atoms with Crippen LogP contribution in [0.1, 0.15) is 29.0 Å². The number of nitrogen functional groups attached to an aromatic ring is 1. The highest BCUT2D eigenvalue weighted by molar-refractivity contribution is 7.19. The summed E-state index contributed by atoms with van der Waals surface area (Å²) in [6.07, 6.45) is 1.37. The second-order valence-electron chi connectivity index (χ2n) is 7.74. The Kier molecular flexibility index (Phi) is 5.96. The number of amides is 1. The lowest BCUT2D eigenvalue weighted by Crippen LogP contribution is -2.37. The molecule has 1 fully saturated rings. The van der Waals surface area contributed by atoms with Crippen LogP contribution >= 0.6 is 11.3 Å². The van der Waals surface area contributed by atoms with E-state index in [-0.39, 0.29) is 22.1 Å². The summed E-state index contributed by atoms with van der Waals surface area (Å²) in [5.41, 5.74) is 12.7. The van der Waals surface area contributed by atoms with Crippen molar-refractivity contribution < 1.29 is 13.6 Å². The van der Waals surface area contributed by atoms with Gasteiger partial charge in [-0.3, -0.25) is 9.48 Å². The monoisotopic (exact) mass is 473 g/mol. The molecule has 10 nitrogen and oxygen atoms in total. The summed E-state index contributed by atoms with van der Waals surface area (Å²) < 4.78 is 30.1. The lowest BCUT2D eigenvalue weighted by Gasteiger charge is -2.26. The third-order valence-corrected chi connectivity index (χ3v) is 6.07. The predicted octanol–water partition coefficient (Wildman–Crippen LogP) is 2.21. The van der Waals surface area contributed by atoms with Crippen LogP contribution in [-0.4, -0.2) is 50.7 Å². The highest BCUT2D eigenvalue weighted by atomic mass is 32.1. The minimum absolute atomic E-state index is 0.0304. The molecular weight excluding hydrogens is 452 g/mol. The zero-order chi connectivity index (χ0) is 23.8. The summed E-state index contributed by atoms with van der Waals surface area (Å²) in [5.74, 6) is -3.24. The maximum Gasteiger partial charge on any atom is 0.277 e. The van der Waals surface area contributed by atoms with Gasteiger partial charge in [-0.1, -0.05) is 17.4 Å². The molecule has 1 saturated heterocycles. The van der Waals surface area contributed by atoms with Gasteiger partial charge in [0.05, 0.1) is 12.7 Å². The number of hydrogen-bond donors (Lipinski definition) is 3. The maximum absolute atomic E-state index is 14.3. The van der Waals surface area contributed by atoms with Gasteiger partial charge in [0, 0.05) is 26.1 Å². The summed E-state index contributed by atoms with van der Waals surface area (Å²) >= 11 is 1.06. The van der Waals surface area contributed by atoms with Crippen molar-refractivity contribution in [1.82, 2.24) is 19.7 Å². The minimum Gasteiger partial charge on any atom is -0.389 e. The smallest absolute Gasteiger partial charge is 0.277 e. The standard InChI is InChI=1S/C20H21F2N9OS/c1-30-19(31-6-5-11(24)7-20(21,22)10-31)14(9-26-30)28-17(32)15-16(25)33-18(29-15)13-4-2-3-12(8-23)27-13/h2-4,9,11H,5-7,10,24-25H2,1H3,(H,28,32)/t11-/m1/s1. The van der Waals surface area contributed by atoms with Crippen LogP contribution in [0.25, 0.3) is 10.7 Å². The van der Waals surface area contributed by atoms with Crippen molar-refractivity contribution in [2.24, 2.45) is 12.8 Å². The van der Waals surface area contributed by atoms with Gasteiger partial charge in [0.25, 0.3) is 11.8 Å². The molecule has 0 bridgehead atoms. The predicted molar refractivity (Wildman–Crippen MR) is 120 cm³/mol. The average Bonchev–Trinajstić information content (AvgIpc) is 3.29. The van der Waals surface area contributed by atoms with Crippen LogP contribution in [0, 0.1) is 11.3 Å². The Morgan fingerprint density at radius 1 is 1.39 bits per heavy atom. The first-order valence-corrected chi connectivity index (χ1v) is 10.8. The van der Waals surface area contributed by atoms with Crippen molar-refractivity contribution >= 4 is 33.8 Å². The number of carbonyl (C=O) groups is 1. The van der Waals surface area contributed by atoms with Gasteiger partial charge in [-0.05, 0) is 18.6 Å². The molecule has 13 heteroatoms. The number of halogens is 2. The van der Waals surface area contributed by atoms with Crippen LogP contribution in [0.4, 0.5) is 25.3 Å². The van der Waals surface area contributed by atoms with Crippen molar-refractivity contribution in [2.75, 3.05) is 29.0 Å². The Morgan fingerprint density at radius 2 is 2.18 bits per heavy atom. The first-order chi connectivity index (χ1) is 15.7. The fraction of sp³-hybridized carbons (Fsp3) is 0.350. The number of nitrogens with zero attached hydrogens (tertiary/aromatic N) is 6. The van der Waals surface area contributed by atoms with Gasteiger partial charge in [0.2, 0.25) is 0 Å². The highest BCUT2D eigenvalue weighted by Gasteiger charge is 2.38. The van der Waals surface area contributed by atoms with E-state index in [9.17, 15) is 13.6 Å². The van der Waals surface area contributed by atoms with Crippen LogP contribution < -0.4 is 21.7 Å². The zero-order valence-electron chi connectivity index (χ0n) is 17.6. The molecule has 1 amide bonds. The van der Waals surface area contributed by atoms with E-state index in [2.05, 4.69) is 20.4 Å². The van der Waals surface area contributed by atoms with Gasteiger partial charge in [-0.2, -0.15) is 10.4 Å². The summed E-state index contributed by atoms with van der Waals surface area (Å²) in [6, 6.07) is 6.20. The van der Waals surface area contributed by atoms with Crippen LogP contribution in [0.2, 0.25) is 0 Å². The number of alkyl halides is 2. The van der Waals surface area contributed by atoms with Crippen LogP contribution in [0.3, 0.4) is 0 Å². The quantitative estimate of drug-likeness (QED) is 0.522. The summed E-state index contributed by atoms with van der Waals surface area (Å²) in [6.45, 7) is -0.240. The number of nitriles is 1. The van der Waals surface area contributed by atoms with Gasteiger partial charge in [0.15, 0.2) is 11.5 Å². The van der Waals surface area contributed by atoms with E-state index in [1.807, 2.05) is 6.07 Å². The van der Waals surface area contributed by atoms with Crippen molar-refractivity contribution in [3.63, 3.8) is 0 Å². The van der Waals surface area contributed by atoms with Gasteiger partial charge < -0.3 is 21.7 Å². The second-order valence-corrected chi connectivity index (χ2v) is 8.77. The molecule has 0 saturated carbocycles. The fourth-order valence-corrected chi connectivity index (χ4v) is 4.51. The van der Waals surface area contributed by atoms with Gasteiger partial charge in [-0.15, -0.1) is 0 Å². The molecule has 0 radical (unpaired) electrons. The zero-order valence-corrected chi connectivity index (χ0v) is 18.4. The van der Waals surface area contributed by atoms with Crippen LogP contribution in [0.15, 0.2) is 24.4 Å². The average molecular weight is 474 g/mol. The minimum atomic E-state index is -2.97. The van der Waals surface area contributed by atoms with E-state index in [1.165, 1.54) is 15.8 Å². The van der Waals surface area contributed by atoms with E-state index in [0.717, 1.165) is 11.3 Å². The molecule has 0 aromatic carbocycles. The number of aryl methyl sites for hydroxylation is 1. The SMILES string of the molecule is Cn1ncc(NC(=O)c2nc(-c3cccc(C#N)n3)sc2N)c1N1CC[C@@H](N)CC(F)(F)C1. The number of carbonyl (C=O) groups excluding carboxylic acids is 1. The summed E-state index contributed by atoms with van der Waals surface area (Å²) in [4.78, 5) is 22.9. The molecule has 5 N–H and O–H groups in total. The van der Waals surface area contributed by atoms with Crippen molar-refractivity contribution in [2.45, 2.75) is 24.8 Å². The molecule has 0 aliphatic carbocycles. The van der Waals surface area contributed by atoms with E-state index < -0.39 is 30.8 Å². The first kappa shape index (κ1) is 22.6. The Labute approximate surface area is 191 Å². The van der Waals surface area contributed by atoms with E-state index >= 15 is 0 Å². The number of nitrogens with one attached hydrogen (secondary N) is 1. The van der Waals surface area contributed by atoms with E-state index in [0.29, 0.717) is 29.5 Å². The van der Waals surface area contributed by atoms with Crippen molar-refractivity contribution in [3.8, 4) is 16.8 Å². The van der Waals surface area contributed by atoms with Crippen molar-refractivity contribution in [1.29, 1.82) is 5.26 Å². The Bertz CT molecular complexity index is 1230. The second kappa shape index (κ2) is 8.72. The molecule has 4 heterocycles. The molecule has 1 atom stereocenters. The number of pyridine rings is 1. The maximum atomic E-state index is 14.3. The number of thiazole rings is 1. The number of rotatable bonds is 4. The summed E-state index contributed by atoms with van der Waals surface area (Å²) in [5, 5.41) is 16.4. The van der Waals surface area contributed by atoms with Gasteiger partial charge >= 0.3 is 0 Å². The first-order valence-electron chi connectivity index (χ1n) is 10.0. The molecular formula is C20H21F2N9OS. The Balaban J connectivity index is 1.59. The molecule has 1 aliphatic rings. The van der Waals surface area contributed by atoms with Crippen molar-refractivity contribution in [3.05, 3.63) is 35.8 Å². The molecule has 33 heavy (non-hydrogen) atoms.